The molecule has 9 heteroatoms. The van der Waals surface area contributed by atoms with Crippen molar-refractivity contribution in [3.63, 3.8) is 0 Å². The first-order valence-corrected chi connectivity index (χ1v) is 5.77. The van der Waals surface area contributed by atoms with Gasteiger partial charge in [-0.15, -0.1) is 0 Å². The molecule has 0 bridgehead atoms. The first-order valence-electron chi connectivity index (χ1n) is 4.95. The lowest BCUT2D eigenvalue weighted by atomic mass is 10.4. The lowest BCUT2D eigenvalue weighted by Crippen LogP contribution is -1.93. The van der Waals surface area contributed by atoms with E-state index in [-0.39, 0.29) is 16.4 Å². The van der Waals surface area contributed by atoms with E-state index >= 15 is 0 Å². The highest BCUT2D eigenvalue weighted by Gasteiger charge is 2.16. The quantitative estimate of drug-likeness (QED) is 0.623. The predicted molar refractivity (Wildman–Crippen MR) is 65.9 cm³/mol. The van der Waals surface area contributed by atoms with Crippen LogP contribution in [-0.4, -0.2) is 19.8 Å². The molecule has 2 heterocycles. The molecule has 2 rings (SSSR count). The van der Waals surface area contributed by atoms with Crippen LogP contribution in [0.15, 0.2) is 46.7 Å². The van der Waals surface area contributed by atoms with E-state index in [0.29, 0.717) is 5.03 Å². The smallest absolute Gasteiger partial charge is 0.258 e. The molecule has 0 fully saturated rings. The minimum atomic E-state index is -0.565. The maximum absolute atomic E-state index is 10.8. The summed E-state index contributed by atoms with van der Waals surface area (Å²) in [6.45, 7) is 0. The van der Waals surface area contributed by atoms with E-state index in [1.54, 1.807) is 0 Å². The van der Waals surface area contributed by atoms with Crippen molar-refractivity contribution in [1.82, 2.24) is 9.97 Å². The van der Waals surface area contributed by atoms with Crippen LogP contribution in [0.5, 0.6) is 0 Å². The Morgan fingerprint density at radius 2 is 1.84 bits per heavy atom. The molecular formula is C10H6N4O4S. The highest BCUT2D eigenvalue weighted by Crippen LogP contribution is 2.31. The SMILES string of the molecule is O=[N+]([O-])c1ccc(Sc2ncccc2[N+](=O)[O-])nc1. The summed E-state index contributed by atoms with van der Waals surface area (Å²) in [4.78, 5) is 27.9. The summed E-state index contributed by atoms with van der Waals surface area (Å²) in [6, 6.07) is 5.50. The van der Waals surface area contributed by atoms with Crippen molar-refractivity contribution in [2.75, 3.05) is 0 Å². The Morgan fingerprint density at radius 1 is 1.05 bits per heavy atom. The fourth-order valence-electron chi connectivity index (χ4n) is 1.24. The van der Waals surface area contributed by atoms with Crippen LogP contribution in [-0.2, 0) is 0 Å². The van der Waals surface area contributed by atoms with Crippen molar-refractivity contribution < 1.29 is 9.85 Å². The summed E-state index contributed by atoms with van der Waals surface area (Å²) >= 11 is 0.976. The molecule has 0 aliphatic heterocycles. The van der Waals surface area contributed by atoms with E-state index in [1.807, 2.05) is 0 Å². The average Bonchev–Trinajstić information content (AvgIpc) is 2.39. The van der Waals surface area contributed by atoms with E-state index in [0.717, 1.165) is 18.0 Å². The Morgan fingerprint density at radius 3 is 2.42 bits per heavy atom. The Balaban J connectivity index is 2.26. The van der Waals surface area contributed by atoms with Gasteiger partial charge in [0.25, 0.3) is 5.69 Å². The van der Waals surface area contributed by atoms with Crippen LogP contribution in [0.25, 0.3) is 0 Å². The molecule has 0 saturated carbocycles. The maximum Gasteiger partial charge on any atom is 0.301 e. The molecule has 2 aromatic heterocycles. The van der Waals surface area contributed by atoms with Crippen LogP contribution in [0, 0.1) is 20.2 Å². The molecule has 0 saturated heterocycles. The fraction of sp³-hybridized carbons (Fsp3) is 0. The second-order valence-corrected chi connectivity index (χ2v) is 4.31. The number of aromatic nitrogens is 2. The van der Waals surface area contributed by atoms with Gasteiger partial charge in [-0.3, -0.25) is 20.2 Å². The minimum absolute atomic E-state index is 0.132. The van der Waals surface area contributed by atoms with Gasteiger partial charge in [-0.1, -0.05) is 0 Å². The topological polar surface area (TPSA) is 112 Å². The molecule has 0 radical (unpaired) electrons. The number of rotatable bonds is 4. The van der Waals surface area contributed by atoms with E-state index in [9.17, 15) is 20.2 Å². The maximum atomic E-state index is 10.8. The summed E-state index contributed by atoms with van der Waals surface area (Å²) in [6.07, 6.45) is 2.53. The molecule has 0 amide bonds. The number of pyridine rings is 2. The molecule has 19 heavy (non-hydrogen) atoms. The molecule has 0 aliphatic carbocycles. The third kappa shape index (κ3) is 3.01. The Kier molecular flexibility index (Phi) is 3.66. The largest absolute Gasteiger partial charge is 0.301 e. The van der Waals surface area contributed by atoms with E-state index < -0.39 is 9.85 Å². The van der Waals surface area contributed by atoms with Crippen molar-refractivity contribution in [1.29, 1.82) is 0 Å². The third-order valence-electron chi connectivity index (χ3n) is 2.08. The van der Waals surface area contributed by atoms with Crippen molar-refractivity contribution in [2.45, 2.75) is 10.1 Å². The van der Waals surface area contributed by atoms with E-state index in [1.165, 1.54) is 30.5 Å². The van der Waals surface area contributed by atoms with Crippen LogP contribution in [0.2, 0.25) is 0 Å². The second-order valence-electron chi connectivity index (χ2n) is 3.30. The first-order chi connectivity index (χ1) is 9.08. The van der Waals surface area contributed by atoms with Gasteiger partial charge in [0.05, 0.1) is 9.85 Å². The fourth-order valence-corrected chi connectivity index (χ4v) is 2.04. The lowest BCUT2D eigenvalue weighted by Gasteiger charge is -2.00. The number of hydrogen-bond acceptors (Lipinski definition) is 7. The molecule has 96 valence electrons. The molecule has 8 nitrogen and oxygen atoms in total. The zero-order valence-corrected chi connectivity index (χ0v) is 10.1. The number of nitro groups is 2. The van der Waals surface area contributed by atoms with Crippen molar-refractivity contribution in [3.05, 3.63) is 56.9 Å². The van der Waals surface area contributed by atoms with Gasteiger partial charge in [0.1, 0.15) is 11.2 Å². The molecule has 0 spiro atoms. The molecule has 0 aromatic carbocycles. The first kappa shape index (κ1) is 12.9. The Bertz CT molecular complexity index is 632. The lowest BCUT2D eigenvalue weighted by molar-refractivity contribution is -0.388. The Hall–Kier alpha value is -2.55. The summed E-state index contributed by atoms with van der Waals surface area (Å²) < 4.78 is 0. The van der Waals surface area contributed by atoms with Crippen LogP contribution in [0.4, 0.5) is 11.4 Å². The van der Waals surface area contributed by atoms with Crippen LogP contribution >= 0.6 is 11.8 Å². The third-order valence-corrected chi connectivity index (χ3v) is 3.04. The molecular weight excluding hydrogens is 272 g/mol. The Labute approximate surface area is 110 Å². The normalized spacial score (nSPS) is 10.1. The van der Waals surface area contributed by atoms with Gasteiger partial charge in [0.2, 0.25) is 0 Å². The standard InChI is InChI=1S/C10H6N4O4S/c15-13(16)7-3-4-9(12-6-7)19-10-8(14(17)18)2-1-5-11-10/h1-6H. The zero-order chi connectivity index (χ0) is 13.8. The zero-order valence-electron chi connectivity index (χ0n) is 9.29. The van der Waals surface area contributed by atoms with Gasteiger partial charge in [-0.25, -0.2) is 9.97 Å². The van der Waals surface area contributed by atoms with Crippen molar-refractivity contribution in [3.8, 4) is 0 Å². The monoisotopic (exact) mass is 278 g/mol. The van der Waals surface area contributed by atoms with E-state index in [4.69, 9.17) is 0 Å². The summed E-state index contributed by atoms with van der Waals surface area (Å²) in [5, 5.41) is 21.9. The summed E-state index contributed by atoms with van der Waals surface area (Å²) in [7, 11) is 0. The molecule has 0 N–H and O–H groups in total. The van der Waals surface area contributed by atoms with Crippen LogP contribution in [0.1, 0.15) is 0 Å². The summed E-state index contributed by atoms with van der Waals surface area (Å²) in [5.41, 5.74) is -0.271. The second kappa shape index (κ2) is 5.40. The molecule has 0 unspecified atom stereocenters. The minimum Gasteiger partial charge on any atom is -0.258 e. The summed E-state index contributed by atoms with van der Waals surface area (Å²) in [5.74, 6) is 0. The number of hydrogen-bond donors (Lipinski definition) is 0. The van der Waals surface area contributed by atoms with Gasteiger partial charge >= 0.3 is 5.69 Å². The van der Waals surface area contributed by atoms with Gasteiger partial charge in [-0.2, -0.15) is 0 Å². The van der Waals surface area contributed by atoms with Gasteiger partial charge < -0.3 is 0 Å². The van der Waals surface area contributed by atoms with Crippen LogP contribution < -0.4 is 0 Å². The number of nitrogens with zero attached hydrogens (tertiary/aromatic N) is 4. The van der Waals surface area contributed by atoms with Crippen LogP contribution in [0.3, 0.4) is 0 Å². The predicted octanol–water partition coefficient (Wildman–Crippen LogP) is 2.44. The van der Waals surface area contributed by atoms with Gasteiger partial charge in [-0.05, 0) is 23.9 Å². The molecule has 2 aromatic rings. The molecule has 0 atom stereocenters. The van der Waals surface area contributed by atoms with Crippen molar-refractivity contribution >= 4 is 23.1 Å². The average molecular weight is 278 g/mol. The molecule has 0 aliphatic rings. The van der Waals surface area contributed by atoms with Gasteiger partial charge in [0.15, 0.2) is 5.03 Å². The highest BCUT2D eigenvalue weighted by atomic mass is 32.2. The van der Waals surface area contributed by atoms with Gasteiger partial charge in [0, 0.05) is 18.3 Å². The van der Waals surface area contributed by atoms with Crippen molar-refractivity contribution in [2.24, 2.45) is 0 Å². The highest BCUT2D eigenvalue weighted by molar-refractivity contribution is 7.99. The van der Waals surface area contributed by atoms with E-state index in [2.05, 4.69) is 9.97 Å².